The van der Waals surface area contributed by atoms with Crippen LogP contribution in [0.3, 0.4) is 0 Å². The number of hydrogen-bond acceptors (Lipinski definition) is 9. The molecule has 1 aliphatic heterocycles. The predicted octanol–water partition coefficient (Wildman–Crippen LogP) is -0.203. The van der Waals surface area contributed by atoms with Crippen LogP contribution in [0.15, 0.2) is 12.7 Å². The molecule has 2 aromatic heterocycles. The van der Waals surface area contributed by atoms with E-state index >= 15 is 0 Å². The number of nitrogens with zero attached hydrogens (tertiary/aromatic N) is 4. The molecule has 0 bridgehead atoms. The SMILES string of the molecule is CCCC(=O)OC[C@H]1O[C@@H](n2cnc3c(OC)ncnc32)[C@@H](O)[C@@H]1O. The van der Waals surface area contributed by atoms with E-state index in [1.165, 1.54) is 24.3 Å². The highest BCUT2D eigenvalue weighted by Gasteiger charge is 2.45. The number of fused-ring (bicyclic) bond motifs is 1. The summed E-state index contributed by atoms with van der Waals surface area (Å²) in [6.45, 7) is 1.72. The van der Waals surface area contributed by atoms with Gasteiger partial charge in [-0.05, 0) is 6.42 Å². The van der Waals surface area contributed by atoms with Crippen molar-refractivity contribution in [1.29, 1.82) is 0 Å². The van der Waals surface area contributed by atoms with E-state index in [4.69, 9.17) is 14.2 Å². The molecule has 0 radical (unpaired) electrons. The zero-order chi connectivity index (χ0) is 18.0. The summed E-state index contributed by atoms with van der Waals surface area (Å²) in [5, 5.41) is 20.5. The lowest BCUT2D eigenvalue weighted by molar-refractivity contribution is -0.150. The fourth-order valence-corrected chi connectivity index (χ4v) is 2.71. The first-order chi connectivity index (χ1) is 12.1. The molecular weight excluding hydrogens is 332 g/mol. The van der Waals surface area contributed by atoms with Gasteiger partial charge >= 0.3 is 5.97 Å². The van der Waals surface area contributed by atoms with Gasteiger partial charge in [-0.1, -0.05) is 6.92 Å². The van der Waals surface area contributed by atoms with E-state index in [0.717, 1.165) is 0 Å². The number of rotatable bonds is 6. The maximum absolute atomic E-state index is 11.5. The molecule has 2 N–H and O–H groups in total. The summed E-state index contributed by atoms with van der Waals surface area (Å²) in [6.07, 6.45) is -0.515. The van der Waals surface area contributed by atoms with Gasteiger partial charge in [-0.15, -0.1) is 0 Å². The van der Waals surface area contributed by atoms with Gasteiger partial charge in [0.25, 0.3) is 0 Å². The average Bonchev–Trinajstić information content (AvgIpc) is 3.15. The van der Waals surface area contributed by atoms with E-state index in [0.29, 0.717) is 23.5 Å². The van der Waals surface area contributed by atoms with Crippen LogP contribution < -0.4 is 4.74 Å². The summed E-state index contributed by atoms with van der Waals surface area (Å²) in [7, 11) is 1.46. The molecule has 1 fully saturated rings. The number of aliphatic hydroxyl groups is 2. The Kier molecular flexibility index (Phi) is 5.11. The van der Waals surface area contributed by atoms with E-state index in [9.17, 15) is 15.0 Å². The fraction of sp³-hybridized carbons (Fsp3) is 0.600. The summed E-state index contributed by atoms with van der Waals surface area (Å²) < 4.78 is 17.4. The lowest BCUT2D eigenvalue weighted by Crippen LogP contribution is -2.34. The summed E-state index contributed by atoms with van der Waals surface area (Å²) in [6, 6.07) is 0. The number of ether oxygens (including phenoxy) is 3. The third-order valence-electron chi connectivity index (χ3n) is 3.99. The number of hydrogen-bond donors (Lipinski definition) is 2. The lowest BCUT2D eigenvalue weighted by Gasteiger charge is -2.16. The highest BCUT2D eigenvalue weighted by atomic mass is 16.6. The molecule has 1 aliphatic rings. The Hall–Kier alpha value is -2.30. The standard InChI is InChI=1S/C15H20N4O6/c1-3-4-9(20)24-5-8-11(21)12(22)15(25-8)19-7-18-10-13(19)16-6-17-14(10)23-2/h6-8,11-12,15,21-22H,3-5H2,1-2H3/t8-,11-,12+,15-/m1/s1. The van der Waals surface area contributed by atoms with Crippen LogP contribution in [0.1, 0.15) is 26.0 Å². The summed E-state index contributed by atoms with van der Waals surface area (Å²) in [5.41, 5.74) is 0.805. The number of esters is 1. The van der Waals surface area contributed by atoms with Gasteiger partial charge in [0.1, 0.15) is 31.2 Å². The van der Waals surface area contributed by atoms with Crippen molar-refractivity contribution in [3.05, 3.63) is 12.7 Å². The Morgan fingerprint density at radius 2 is 2.12 bits per heavy atom. The van der Waals surface area contributed by atoms with Crippen LogP contribution in [0.2, 0.25) is 0 Å². The number of carbonyl (C=O) groups is 1. The van der Waals surface area contributed by atoms with Crippen molar-refractivity contribution in [2.75, 3.05) is 13.7 Å². The minimum atomic E-state index is -1.23. The van der Waals surface area contributed by atoms with E-state index < -0.39 is 24.5 Å². The van der Waals surface area contributed by atoms with Crippen LogP contribution in [0.4, 0.5) is 0 Å². The first-order valence-corrected chi connectivity index (χ1v) is 7.95. The van der Waals surface area contributed by atoms with Crippen LogP contribution in [-0.2, 0) is 14.3 Å². The molecule has 0 aliphatic carbocycles. The van der Waals surface area contributed by atoms with Crippen LogP contribution in [0, 0.1) is 0 Å². The topological polar surface area (TPSA) is 129 Å². The second-order valence-corrected chi connectivity index (χ2v) is 5.69. The third kappa shape index (κ3) is 3.28. The van der Waals surface area contributed by atoms with Gasteiger partial charge in [-0.3, -0.25) is 9.36 Å². The maximum Gasteiger partial charge on any atom is 0.305 e. The summed E-state index contributed by atoms with van der Waals surface area (Å²) in [4.78, 5) is 23.7. The molecule has 0 saturated carbocycles. The van der Waals surface area contributed by atoms with Gasteiger partial charge in [-0.25, -0.2) is 9.97 Å². The summed E-state index contributed by atoms with van der Waals surface area (Å²) in [5.74, 6) is -0.0800. The van der Waals surface area contributed by atoms with Crippen LogP contribution in [0.5, 0.6) is 5.88 Å². The molecule has 4 atom stereocenters. The molecular formula is C15H20N4O6. The Labute approximate surface area is 143 Å². The number of aromatic nitrogens is 4. The Bertz CT molecular complexity index is 751. The predicted molar refractivity (Wildman–Crippen MR) is 83.7 cm³/mol. The molecule has 2 aromatic rings. The van der Waals surface area contributed by atoms with Gasteiger partial charge in [0.05, 0.1) is 13.4 Å². The first kappa shape index (κ1) is 17.5. The first-order valence-electron chi connectivity index (χ1n) is 7.95. The van der Waals surface area contributed by atoms with Gasteiger partial charge in [0.2, 0.25) is 5.88 Å². The monoisotopic (exact) mass is 352 g/mol. The van der Waals surface area contributed by atoms with Crippen LogP contribution in [-0.4, -0.2) is 67.7 Å². The number of carbonyl (C=O) groups excluding carboxylic acids is 1. The van der Waals surface area contributed by atoms with Crippen molar-refractivity contribution in [2.45, 2.75) is 44.3 Å². The van der Waals surface area contributed by atoms with Crippen molar-refractivity contribution >= 4 is 17.1 Å². The molecule has 0 spiro atoms. The maximum atomic E-state index is 11.5. The zero-order valence-corrected chi connectivity index (χ0v) is 13.9. The molecule has 10 nitrogen and oxygen atoms in total. The highest BCUT2D eigenvalue weighted by Crippen LogP contribution is 2.32. The van der Waals surface area contributed by atoms with E-state index in [1.807, 2.05) is 6.92 Å². The van der Waals surface area contributed by atoms with Gasteiger partial charge < -0.3 is 24.4 Å². The van der Waals surface area contributed by atoms with Crippen LogP contribution in [0.25, 0.3) is 11.2 Å². The van der Waals surface area contributed by atoms with Gasteiger partial charge in [-0.2, -0.15) is 4.98 Å². The lowest BCUT2D eigenvalue weighted by atomic mass is 10.1. The summed E-state index contributed by atoms with van der Waals surface area (Å²) >= 11 is 0. The molecule has 3 rings (SSSR count). The minimum Gasteiger partial charge on any atom is -0.479 e. The van der Waals surface area contributed by atoms with Crippen LogP contribution >= 0.6 is 0 Å². The molecule has 0 unspecified atom stereocenters. The van der Waals surface area contributed by atoms with Crippen molar-refractivity contribution in [2.24, 2.45) is 0 Å². The minimum absolute atomic E-state index is 0.140. The number of methoxy groups -OCH3 is 1. The van der Waals surface area contributed by atoms with Crippen molar-refractivity contribution < 1.29 is 29.2 Å². The Morgan fingerprint density at radius 3 is 2.84 bits per heavy atom. The normalized spacial score (nSPS) is 26.1. The molecule has 0 amide bonds. The second-order valence-electron chi connectivity index (χ2n) is 5.69. The van der Waals surface area contributed by atoms with Crippen molar-refractivity contribution in [3.63, 3.8) is 0 Å². The largest absolute Gasteiger partial charge is 0.479 e. The Balaban J connectivity index is 1.78. The van der Waals surface area contributed by atoms with Gasteiger partial charge in [0, 0.05) is 6.42 Å². The van der Waals surface area contributed by atoms with Gasteiger partial charge in [0.15, 0.2) is 17.4 Å². The average molecular weight is 352 g/mol. The molecule has 25 heavy (non-hydrogen) atoms. The number of imidazole rings is 1. The quantitative estimate of drug-likeness (QED) is 0.679. The second kappa shape index (κ2) is 7.30. The van der Waals surface area contributed by atoms with Crippen molar-refractivity contribution in [1.82, 2.24) is 19.5 Å². The van der Waals surface area contributed by atoms with Crippen molar-refractivity contribution in [3.8, 4) is 5.88 Å². The molecule has 3 heterocycles. The Morgan fingerprint density at radius 1 is 1.32 bits per heavy atom. The van der Waals surface area contributed by atoms with E-state index in [1.54, 1.807) is 0 Å². The number of aliphatic hydroxyl groups excluding tert-OH is 2. The molecule has 136 valence electrons. The van der Waals surface area contributed by atoms with E-state index in [2.05, 4.69) is 15.0 Å². The molecule has 10 heteroatoms. The molecule has 1 saturated heterocycles. The third-order valence-corrected chi connectivity index (χ3v) is 3.99. The molecule has 0 aromatic carbocycles. The van der Waals surface area contributed by atoms with E-state index in [-0.39, 0.29) is 19.0 Å². The smallest absolute Gasteiger partial charge is 0.305 e. The zero-order valence-electron chi connectivity index (χ0n) is 13.9. The highest BCUT2D eigenvalue weighted by molar-refractivity contribution is 5.76. The fourth-order valence-electron chi connectivity index (χ4n) is 2.71.